The van der Waals surface area contributed by atoms with E-state index in [-0.39, 0.29) is 23.8 Å². The lowest BCUT2D eigenvalue weighted by atomic mass is 10.0. The molecule has 8 heteroatoms. The predicted molar refractivity (Wildman–Crippen MR) is 143 cm³/mol. The summed E-state index contributed by atoms with van der Waals surface area (Å²) in [4.78, 5) is 38.1. The number of rotatable bonds is 9. The highest BCUT2D eigenvalue weighted by molar-refractivity contribution is 6.06. The minimum Gasteiger partial charge on any atom is -0.444 e. The molecule has 2 aromatic rings. The highest BCUT2D eigenvalue weighted by atomic mass is 16.6. The fourth-order valence-corrected chi connectivity index (χ4v) is 3.38. The number of aryl methyl sites for hydroxylation is 1. The Morgan fingerprint density at radius 1 is 1.05 bits per heavy atom. The van der Waals surface area contributed by atoms with Crippen LogP contribution in [0.4, 0.5) is 10.5 Å². The summed E-state index contributed by atoms with van der Waals surface area (Å²) in [5, 5.41) is 17.6. The van der Waals surface area contributed by atoms with E-state index >= 15 is 0 Å². The Morgan fingerprint density at radius 3 is 2.32 bits per heavy atom. The third kappa shape index (κ3) is 10.6. The Labute approximate surface area is 219 Å². The van der Waals surface area contributed by atoms with Crippen LogP contribution in [-0.4, -0.2) is 29.6 Å². The first-order valence-corrected chi connectivity index (χ1v) is 12.2. The van der Waals surface area contributed by atoms with E-state index in [1.165, 1.54) is 0 Å². The molecule has 0 fully saturated rings. The molecule has 3 N–H and O–H groups in total. The molecule has 0 aliphatic carbocycles. The van der Waals surface area contributed by atoms with Gasteiger partial charge in [0, 0.05) is 18.7 Å². The molecule has 0 unspecified atom stereocenters. The number of ether oxygens (including phenoxy) is 1. The summed E-state index contributed by atoms with van der Waals surface area (Å²) >= 11 is 0. The van der Waals surface area contributed by atoms with E-state index in [0.717, 1.165) is 11.1 Å². The number of alkyl carbamates (subject to hydrolysis) is 1. The maximum Gasteiger partial charge on any atom is 0.408 e. The lowest BCUT2D eigenvalue weighted by Gasteiger charge is -2.23. The average molecular weight is 505 g/mol. The number of carbonyl (C=O) groups excluding carboxylic acids is 3. The molecule has 0 spiro atoms. The number of amides is 3. The largest absolute Gasteiger partial charge is 0.444 e. The van der Waals surface area contributed by atoms with Gasteiger partial charge in [-0.15, -0.1) is 0 Å². The molecule has 2 aromatic carbocycles. The molecule has 0 aliphatic rings. The van der Waals surface area contributed by atoms with Crippen molar-refractivity contribution in [2.75, 3.05) is 5.32 Å². The monoisotopic (exact) mass is 504 g/mol. The zero-order valence-electron chi connectivity index (χ0n) is 22.3. The van der Waals surface area contributed by atoms with Gasteiger partial charge in [0.05, 0.1) is 0 Å². The Balaban J connectivity index is 2.18. The summed E-state index contributed by atoms with van der Waals surface area (Å²) in [7, 11) is 0. The molecule has 8 nitrogen and oxygen atoms in total. The summed E-state index contributed by atoms with van der Waals surface area (Å²) in [6.07, 6.45) is 1.05. The van der Waals surface area contributed by atoms with E-state index < -0.39 is 23.6 Å². The molecule has 0 heterocycles. The topological polar surface area (TPSA) is 120 Å². The van der Waals surface area contributed by atoms with Crippen LogP contribution in [-0.2, 0) is 27.3 Å². The van der Waals surface area contributed by atoms with E-state index in [2.05, 4.69) is 16.0 Å². The van der Waals surface area contributed by atoms with Crippen LogP contribution in [0.5, 0.6) is 0 Å². The quantitative estimate of drug-likeness (QED) is 0.335. The van der Waals surface area contributed by atoms with Gasteiger partial charge in [-0.1, -0.05) is 61.9 Å². The molecular weight excluding hydrogens is 468 g/mol. The zero-order chi connectivity index (χ0) is 27.6. The zero-order valence-corrected chi connectivity index (χ0v) is 22.3. The Hall–Kier alpha value is -4.12. The van der Waals surface area contributed by atoms with Gasteiger partial charge in [0.1, 0.15) is 23.3 Å². The van der Waals surface area contributed by atoms with Crippen LogP contribution in [0.2, 0.25) is 0 Å². The summed E-state index contributed by atoms with van der Waals surface area (Å²) in [6.45, 7) is 11.3. The molecule has 0 saturated heterocycles. The molecule has 0 aliphatic heterocycles. The van der Waals surface area contributed by atoms with Gasteiger partial charge in [-0.25, -0.2) is 4.79 Å². The molecule has 0 aromatic heterocycles. The average Bonchev–Trinajstić information content (AvgIpc) is 2.80. The molecule has 37 heavy (non-hydrogen) atoms. The van der Waals surface area contributed by atoms with Gasteiger partial charge in [0.2, 0.25) is 5.91 Å². The Bertz CT molecular complexity index is 1170. The minimum absolute atomic E-state index is 0.0281. The first kappa shape index (κ1) is 29.1. The van der Waals surface area contributed by atoms with Crippen LogP contribution < -0.4 is 16.0 Å². The lowest BCUT2D eigenvalue weighted by Crippen LogP contribution is -2.49. The maximum absolute atomic E-state index is 13.1. The number of carbonyl (C=O) groups is 3. The SMILES string of the molecule is Cc1ccc(CNC(=O)[C@H](Cc2cccc(NC(=O)C(C#N)=CC(C)C)c2)NC(=O)OC(C)(C)C)cc1. The van der Waals surface area contributed by atoms with E-state index in [1.54, 1.807) is 51.1 Å². The van der Waals surface area contributed by atoms with Crippen molar-refractivity contribution in [2.45, 2.75) is 66.2 Å². The highest BCUT2D eigenvalue weighted by Crippen LogP contribution is 2.15. The minimum atomic E-state index is -0.915. The van der Waals surface area contributed by atoms with Gasteiger partial charge in [0.25, 0.3) is 5.91 Å². The van der Waals surface area contributed by atoms with Crippen molar-refractivity contribution >= 4 is 23.6 Å². The number of nitrogens with one attached hydrogen (secondary N) is 3. The smallest absolute Gasteiger partial charge is 0.408 e. The Kier molecular flexibility index (Phi) is 10.4. The lowest BCUT2D eigenvalue weighted by molar-refractivity contribution is -0.123. The second-order valence-corrected chi connectivity index (χ2v) is 10.2. The van der Waals surface area contributed by atoms with E-state index in [9.17, 15) is 19.6 Å². The van der Waals surface area contributed by atoms with Crippen molar-refractivity contribution in [3.8, 4) is 6.07 Å². The van der Waals surface area contributed by atoms with Crippen LogP contribution >= 0.6 is 0 Å². The second kappa shape index (κ2) is 13.3. The molecule has 2 rings (SSSR count). The first-order valence-electron chi connectivity index (χ1n) is 12.2. The van der Waals surface area contributed by atoms with Crippen LogP contribution in [0, 0.1) is 24.2 Å². The molecule has 0 saturated carbocycles. The summed E-state index contributed by atoms with van der Waals surface area (Å²) in [5.74, 6) is -0.829. The van der Waals surface area contributed by atoms with Crippen LogP contribution in [0.1, 0.15) is 51.3 Å². The van der Waals surface area contributed by atoms with Crippen molar-refractivity contribution in [1.82, 2.24) is 10.6 Å². The van der Waals surface area contributed by atoms with Crippen LogP contribution in [0.15, 0.2) is 60.2 Å². The van der Waals surface area contributed by atoms with Gasteiger partial charge in [-0.2, -0.15) is 5.26 Å². The summed E-state index contributed by atoms with van der Waals surface area (Å²) in [5.41, 5.74) is 2.54. The normalized spacial score (nSPS) is 12.3. The van der Waals surface area contributed by atoms with Crippen molar-refractivity contribution in [2.24, 2.45) is 5.92 Å². The summed E-state index contributed by atoms with van der Waals surface area (Å²) in [6, 6.07) is 15.7. The Morgan fingerprint density at radius 2 is 1.73 bits per heavy atom. The summed E-state index contributed by atoms with van der Waals surface area (Å²) < 4.78 is 5.35. The maximum atomic E-state index is 13.1. The number of hydrogen-bond acceptors (Lipinski definition) is 5. The standard InChI is InChI=1S/C29H36N4O4/c1-19(2)14-23(17-30)26(34)32-24-9-7-8-22(15-24)16-25(33-28(36)37-29(4,5)6)27(35)31-18-21-12-10-20(3)11-13-21/h7-15,19,25H,16,18H2,1-6H3,(H,31,35)(H,32,34)(H,33,36)/t25-/m0/s1. The number of nitrogens with zero attached hydrogens (tertiary/aromatic N) is 1. The van der Waals surface area contributed by atoms with E-state index in [0.29, 0.717) is 17.8 Å². The van der Waals surface area contributed by atoms with Crippen molar-refractivity contribution in [1.29, 1.82) is 5.26 Å². The first-order chi connectivity index (χ1) is 17.4. The fraction of sp³-hybridized carbons (Fsp3) is 0.379. The molecule has 0 bridgehead atoms. The van der Waals surface area contributed by atoms with E-state index in [4.69, 9.17) is 4.74 Å². The second-order valence-electron chi connectivity index (χ2n) is 10.2. The molecule has 1 atom stereocenters. The van der Waals surface area contributed by atoms with Crippen molar-refractivity contribution < 1.29 is 19.1 Å². The van der Waals surface area contributed by atoms with E-state index in [1.807, 2.05) is 51.1 Å². The number of nitriles is 1. The third-order valence-corrected chi connectivity index (χ3v) is 5.08. The molecule has 3 amide bonds. The van der Waals surface area contributed by atoms with Gasteiger partial charge in [-0.3, -0.25) is 9.59 Å². The van der Waals surface area contributed by atoms with Gasteiger partial charge in [0.15, 0.2) is 0 Å². The highest BCUT2D eigenvalue weighted by Gasteiger charge is 2.25. The number of benzene rings is 2. The van der Waals surface area contributed by atoms with Gasteiger partial charge < -0.3 is 20.7 Å². The number of allylic oxidation sites excluding steroid dienone is 1. The van der Waals surface area contributed by atoms with Crippen LogP contribution in [0.25, 0.3) is 0 Å². The molecular formula is C29H36N4O4. The van der Waals surface area contributed by atoms with Gasteiger partial charge in [-0.05, 0) is 56.9 Å². The predicted octanol–water partition coefficient (Wildman–Crippen LogP) is 4.79. The van der Waals surface area contributed by atoms with Crippen LogP contribution in [0.3, 0.4) is 0 Å². The molecule has 0 radical (unpaired) electrons. The van der Waals surface area contributed by atoms with Gasteiger partial charge >= 0.3 is 6.09 Å². The van der Waals surface area contributed by atoms with Crippen molar-refractivity contribution in [3.05, 3.63) is 76.9 Å². The number of hydrogen-bond donors (Lipinski definition) is 3. The number of anilines is 1. The molecule has 196 valence electrons. The fourth-order valence-electron chi connectivity index (χ4n) is 3.38. The van der Waals surface area contributed by atoms with Crippen molar-refractivity contribution in [3.63, 3.8) is 0 Å². The third-order valence-electron chi connectivity index (χ3n) is 5.08.